The Hall–Kier alpha value is -2.87. The highest BCUT2D eigenvalue weighted by atomic mass is 16.6. The molecular weight excluding hydrogens is 352 g/mol. The Labute approximate surface area is 156 Å². The van der Waals surface area contributed by atoms with E-state index in [0.717, 1.165) is 12.0 Å². The smallest absolute Gasteiger partial charge is 0.338 e. The minimum Gasteiger partial charge on any atom is -0.463 e. The van der Waals surface area contributed by atoms with Gasteiger partial charge < -0.3 is 24.8 Å². The predicted molar refractivity (Wildman–Crippen MR) is 94.4 cm³/mol. The summed E-state index contributed by atoms with van der Waals surface area (Å²) in [6.45, 7) is 2.15. The number of hydrogen-bond donors (Lipinski definition) is 2. The molecular formula is C19H22N2O6. The van der Waals surface area contributed by atoms with Crippen molar-refractivity contribution in [3.63, 3.8) is 0 Å². The Balaban J connectivity index is 1.87. The van der Waals surface area contributed by atoms with Crippen molar-refractivity contribution in [2.75, 3.05) is 19.8 Å². The van der Waals surface area contributed by atoms with E-state index in [2.05, 4.69) is 10.6 Å². The molecule has 0 bridgehead atoms. The van der Waals surface area contributed by atoms with E-state index in [1.165, 1.54) is 0 Å². The molecule has 2 atom stereocenters. The first-order chi connectivity index (χ1) is 13.1. The molecule has 27 heavy (non-hydrogen) atoms. The number of rotatable bonds is 6. The Morgan fingerprint density at radius 2 is 2.00 bits per heavy atom. The van der Waals surface area contributed by atoms with Crippen LogP contribution in [0.2, 0.25) is 0 Å². The lowest BCUT2D eigenvalue weighted by Crippen LogP contribution is -2.47. The lowest BCUT2D eigenvalue weighted by Gasteiger charge is -2.29. The number of nitrogens with one attached hydrogen (secondary N) is 2. The molecule has 2 aliphatic heterocycles. The molecule has 0 unspecified atom stereocenters. The predicted octanol–water partition coefficient (Wildman–Crippen LogP) is 1.58. The van der Waals surface area contributed by atoms with Crippen molar-refractivity contribution in [2.24, 2.45) is 0 Å². The second-order valence-electron chi connectivity index (χ2n) is 6.16. The van der Waals surface area contributed by atoms with Gasteiger partial charge in [-0.05, 0) is 25.3 Å². The molecule has 0 aromatic heterocycles. The van der Waals surface area contributed by atoms with Crippen LogP contribution in [-0.2, 0) is 23.8 Å². The van der Waals surface area contributed by atoms with Crippen LogP contribution in [-0.4, -0.2) is 43.9 Å². The minimum absolute atomic E-state index is 0.181. The fraction of sp³-hybridized carbons (Fsp3) is 0.421. The highest BCUT2D eigenvalue weighted by Crippen LogP contribution is 2.28. The lowest BCUT2D eigenvalue weighted by molar-refractivity contribution is -0.153. The molecule has 3 rings (SSSR count). The van der Waals surface area contributed by atoms with Crippen LogP contribution in [0.4, 0.5) is 4.79 Å². The molecule has 8 nitrogen and oxygen atoms in total. The van der Waals surface area contributed by atoms with Gasteiger partial charge in [0.1, 0.15) is 6.61 Å². The van der Waals surface area contributed by atoms with E-state index in [1.807, 2.05) is 18.2 Å². The van der Waals surface area contributed by atoms with Gasteiger partial charge in [0.05, 0.1) is 23.9 Å². The van der Waals surface area contributed by atoms with Crippen LogP contribution in [0.5, 0.6) is 0 Å². The minimum atomic E-state index is -0.699. The number of carbonyl (C=O) groups is 3. The SMILES string of the molecule is CCOC(=O)C1=C(COC(=O)[C@@H]2CCCO2)NC(=O)N[C@H]1c1ccccc1. The van der Waals surface area contributed by atoms with E-state index in [-0.39, 0.29) is 24.5 Å². The van der Waals surface area contributed by atoms with Gasteiger partial charge in [0, 0.05) is 6.61 Å². The average molecular weight is 374 g/mol. The number of amides is 2. The van der Waals surface area contributed by atoms with E-state index < -0.39 is 30.1 Å². The highest BCUT2D eigenvalue weighted by Gasteiger charge is 2.34. The summed E-state index contributed by atoms with van der Waals surface area (Å²) in [5, 5.41) is 5.28. The van der Waals surface area contributed by atoms with Gasteiger partial charge in [-0.2, -0.15) is 0 Å². The van der Waals surface area contributed by atoms with Crippen molar-refractivity contribution in [1.29, 1.82) is 0 Å². The van der Waals surface area contributed by atoms with Crippen LogP contribution in [0.3, 0.4) is 0 Å². The molecule has 2 N–H and O–H groups in total. The van der Waals surface area contributed by atoms with Gasteiger partial charge in [-0.15, -0.1) is 0 Å². The van der Waals surface area contributed by atoms with Crippen molar-refractivity contribution < 1.29 is 28.6 Å². The van der Waals surface area contributed by atoms with Crippen LogP contribution >= 0.6 is 0 Å². The van der Waals surface area contributed by atoms with Crippen molar-refractivity contribution in [2.45, 2.75) is 31.9 Å². The fourth-order valence-electron chi connectivity index (χ4n) is 3.08. The maximum Gasteiger partial charge on any atom is 0.338 e. The second-order valence-corrected chi connectivity index (χ2v) is 6.16. The Morgan fingerprint density at radius 1 is 1.22 bits per heavy atom. The topological polar surface area (TPSA) is 103 Å². The van der Waals surface area contributed by atoms with Gasteiger partial charge in [-0.25, -0.2) is 14.4 Å². The van der Waals surface area contributed by atoms with Gasteiger partial charge in [-0.3, -0.25) is 0 Å². The average Bonchev–Trinajstić information content (AvgIpc) is 3.21. The van der Waals surface area contributed by atoms with E-state index >= 15 is 0 Å². The maximum atomic E-state index is 12.6. The van der Waals surface area contributed by atoms with Crippen LogP contribution in [0.25, 0.3) is 0 Å². The molecule has 1 aromatic carbocycles. The molecule has 2 heterocycles. The molecule has 0 aliphatic carbocycles. The summed E-state index contributed by atoms with van der Waals surface area (Å²) in [4.78, 5) is 36.8. The van der Waals surface area contributed by atoms with Gasteiger partial charge >= 0.3 is 18.0 Å². The zero-order valence-electron chi connectivity index (χ0n) is 15.0. The van der Waals surface area contributed by atoms with Crippen LogP contribution in [0, 0.1) is 0 Å². The first-order valence-electron chi connectivity index (χ1n) is 8.91. The van der Waals surface area contributed by atoms with Crippen molar-refractivity contribution in [3.05, 3.63) is 47.2 Å². The van der Waals surface area contributed by atoms with E-state index in [4.69, 9.17) is 14.2 Å². The van der Waals surface area contributed by atoms with E-state index in [0.29, 0.717) is 13.0 Å². The van der Waals surface area contributed by atoms with Gasteiger partial charge in [0.25, 0.3) is 0 Å². The summed E-state index contributed by atoms with van der Waals surface area (Å²) >= 11 is 0. The third kappa shape index (κ3) is 4.46. The van der Waals surface area contributed by atoms with Crippen molar-refractivity contribution >= 4 is 18.0 Å². The molecule has 144 valence electrons. The van der Waals surface area contributed by atoms with Crippen molar-refractivity contribution in [1.82, 2.24) is 10.6 Å². The number of benzene rings is 1. The Bertz CT molecular complexity index is 740. The summed E-state index contributed by atoms with van der Waals surface area (Å²) in [6.07, 6.45) is 0.801. The van der Waals surface area contributed by atoms with E-state index in [9.17, 15) is 14.4 Å². The fourth-order valence-corrected chi connectivity index (χ4v) is 3.08. The summed E-state index contributed by atoms with van der Waals surface area (Å²) in [5.74, 6) is -1.09. The molecule has 0 radical (unpaired) electrons. The second kappa shape index (κ2) is 8.68. The Kier molecular flexibility index (Phi) is 6.08. The van der Waals surface area contributed by atoms with Gasteiger partial charge in [-0.1, -0.05) is 30.3 Å². The van der Waals surface area contributed by atoms with Crippen LogP contribution < -0.4 is 10.6 Å². The summed E-state index contributed by atoms with van der Waals surface area (Å²) in [7, 11) is 0. The monoisotopic (exact) mass is 374 g/mol. The van der Waals surface area contributed by atoms with Gasteiger partial charge in [0.15, 0.2) is 6.10 Å². The highest BCUT2D eigenvalue weighted by molar-refractivity contribution is 5.95. The first kappa shape index (κ1) is 18.9. The summed E-state index contributed by atoms with van der Waals surface area (Å²) in [6, 6.07) is 7.87. The van der Waals surface area contributed by atoms with Crippen molar-refractivity contribution in [3.8, 4) is 0 Å². The largest absolute Gasteiger partial charge is 0.463 e. The first-order valence-corrected chi connectivity index (χ1v) is 8.91. The lowest BCUT2D eigenvalue weighted by atomic mass is 9.95. The third-order valence-corrected chi connectivity index (χ3v) is 4.33. The Morgan fingerprint density at radius 3 is 2.67 bits per heavy atom. The normalized spacial score (nSPS) is 22.0. The number of esters is 2. The molecule has 2 amide bonds. The van der Waals surface area contributed by atoms with Crippen LogP contribution in [0.1, 0.15) is 31.4 Å². The van der Waals surface area contributed by atoms with E-state index in [1.54, 1.807) is 19.1 Å². The zero-order valence-corrected chi connectivity index (χ0v) is 15.0. The quantitative estimate of drug-likeness (QED) is 0.733. The molecule has 1 aromatic rings. The van der Waals surface area contributed by atoms with Crippen LogP contribution in [0.15, 0.2) is 41.6 Å². The zero-order chi connectivity index (χ0) is 19.2. The molecule has 8 heteroatoms. The third-order valence-electron chi connectivity index (χ3n) is 4.33. The molecule has 0 saturated carbocycles. The number of urea groups is 1. The molecule has 1 saturated heterocycles. The van der Waals surface area contributed by atoms with Gasteiger partial charge in [0.2, 0.25) is 0 Å². The number of hydrogen-bond acceptors (Lipinski definition) is 6. The maximum absolute atomic E-state index is 12.6. The number of ether oxygens (including phenoxy) is 3. The standard InChI is InChI=1S/C19H22N2O6/c1-2-25-18(23)15-13(11-27-17(22)14-9-6-10-26-14)20-19(24)21-16(15)12-7-4-3-5-8-12/h3-5,7-8,14,16H,2,6,9-11H2,1H3,(H2,20,21,24)/t14-,16-/m0/s1. The summed E-state index contributed by atoms with van der Waals surface area (Å²) < 4.78 is 15.7. The molecule has 0 spiro atoms. The molecule has 2 aliphatic rings. The number of carbonyl (C=O) groups excluding carboxylic acids is 3. The summed E-state index contributed by atoms with van der Waals surface area (Å²) in [5.41, 5.74) is 1.14. The molecule has 1 fully saturated rings.